The molecule has 17 heavy (non-hydrogen) atoms. The lowest BCUT2D eigenvalue weighted by Gasteiger charge is -2.08. The van der Waals surface area contributed by atoms with Gasteiger partial charge < -0.3 is 15.7 Å². The van der Waals surface area contributed by atoms with E-state index in [-0.39, 0.29) is 17.4 Å². The van der Waals surface area contributed by atoms with Gasteiger partial charge >= 0.3 is 5.97 Å². The van der Waals surface area contributed by atoms with Gasteiger partial charge in [0.25, 0.3) is 0 Å². The predicted molar refractivity (Wildman–Crippen MR) is 55.3 cm³/mol. The summed E-state index contributed by atoms with van der Waals surface area (Å²) in [5.41, 5.74) is -0.115. The molecule has 8 nitrogen and oxygen atoms in total. The molecule has 1 aliphatic heterocycles. The Morgan fingerprint density at radius 2 is 2.29 bits per heavy atom. The van der Waals surface area contributed by atoms with Gasteiger partial charge in [0.15, 0.2) is 5.82 Å². The fourth-order valence-corrected chi connectivity index (χ4v) is 1.52. The molecule has 2 amide bonds. The molecule has 1 saturated heterocycles. The second-order valence-corrected chi connectivity index (χ2v) is 3.62. The first kappa shape index (κ1) is 11.1. The minimum absolute atomic E-state index is 0.115. The van der Waals surface area contributed by atoms with E-state index in [0.29, 0.717) is 12.8 Å². The number of carboxylic acids is 1. The molecule has 0 bridgehead atoms. The van der Waals surface area contributed by atoms with Crippen LogP contribution in [-0.2, 0) is 9.59 Å². The number of hydrogen-bond acceptors (Lipinski definition) is 4. The number of aromatic nitrogens is 2. The van der Waals surface area contributed by atoms with Crippen molar-refractivity contribution in [3.63, 3.8) is 0 Å². The lowest BCUT2D eigenvalue weighted by molar-refractivity contribution is -0.122. The molecule has 4 N–H and O–H groups in total. The first-order valence-corrected chi connectivity index (χ1v) is 4.95. The Morgan fingerprint density at radius 3 is 2.82 bits per heavy atom. The summed E-state index contributed by atoms with van der Waals surface area (Å²) in [6.07, 6.45) is 0.750. The Morgan fingerprint density at radius 1 is 1.53 bits per heavy atom. The highest BCUT2D eigenvalue weighted by molar-refractivity contribution is 5.99. The SMILES string of the molecule is O=C1CC[C@H](C(=O)Nc2cc(C(=O)O)[nH]n2)N1. The van der Waals surface area contributed by atoms with Gasteiger partial charge in [-0.2, -0.15) is 5.10 Å². The van der Waals surface area contributed by atoms with Gasteiger partial charge in [0.1, 0.15) is 11.7 Å². The number of carbonyl (C=O) groups excluding carboxylic acids is 2. The number of anilines is 1. The molecule has 2 heterocycles. The van der Waals surface area contributed by atoms with Gasteiger partial charge in [-0.3, -0.25) is 14.7 Å². The number of aromatic carboxylic acids is 1. The second-order valence-electron chi connectivity index (χ2n) is 3.62. The van der Waals surface area contributed by atoms with Crippen LogP contribution >= 0.6 is 0 Å². The summed E-state index contributed by atoms with van der Waals surface area (Å²) in [6, 6.07) is 0.629. The molecule has 1 fully saturated rings. The Labute approximate surface area is 95.4 Å². The van der Waals surface area contributed by atoms with E-state index in [9.17, 15) is 14.4 Å². The smallest absolute Gasteiger partial charge is 0.353 e. The van der Waals surface area contributed by atoms with Crippen molar-refractivity contribution >= 4 is 23.6 Å². The van der Waals surface area contributed by atoms with E-state index in [2.05, 4.69) is 20.8 Å². The third-order valence-corrected chi connectivity index (χ3v) is 2.37. The number of amides is 2. The number of carbonyl (C=O) groups is 3. The van der Waals surface area contributed by atoms with Crippen LogP contribution in [0, 0.1) is 0 Å². The summed E-state index contributed by atoms with van der Waals surface area (Å²) >= 11 is 0. The molecule has 0 aliphatic carbocycles. The van der Waals surface area contributed by atoms with E-state index in [1.54, 1.807) is 0 Å². The van der Waals surface area contributed by atoms with Crippen molar-refractivity contribution in [2.45, 2.75) is 18.9 Å². The highest BCUT2D eigenvalue weighted by Crippen LogP contribution is 2.10. The zero-order valence-corrected chi connectivity index (χ0v) is 8.69. The van der Waals surface area contributed by atoms with Crippen LogP contribution in [0.15, 0.2) is 6.07 Å². The topological polar surface area (TPSA) is 124 Å². The number of rotatable bonds is 3. The van der Waals surface area contributed by atoms with E-state index >= 15 is 0 Å². The molecule has 0 unspecified atom stereocenters. The van der Waals surface area contributed by atoms with Crippen molar-refractivity contribution < 1.29 is 19.5 Å². The lowest BCUT2D eigenvalue weighted by Crippen LogP contribution is -2.37. The molecule has 0 saturated carbocycles. The molecular formula is C9H10N4O4. The average molecular weight is 238 g/mol. The van der Waals surface area contributed by atoms with Gasteiger partial charge in [-0.1, -0.05) is 0 Å². The van der Waals surface area contributed by atoms with E-state index in [4.69, 9.17) is 5.11 Å². The van der Waals surface area contributed by atoms with Gasteiger partial charge in [0.2, 0.25) is 11.8 Å². The first-order chi connectivity index (χ1) is 8.06. The van der Waals surface area contributed by atoms with Crippen LogP contribution in [0.3, 0.4) is 0 Å². The molecule has 0 spiro atoms. The zero-order valence-electron chi connectivity index (χ0n) is 8.69. The van der Waals surface area contributed by atoms with Gasteiger partial charge in [-0.25, -0.2) is 4.79 Å². The first-order valence-electron chi connectivity index (χ1n) is 4.95. The summed E-state index contributed by atoms with van der Waals surface area (Å²) < 4.78 is 0. The van der Waals surface area contributed by atoms with Gasteiger partial charge in [-0.15, -0.1) is 0 Å². The molecule has 0 radical (unpaired) electrons. The van der Waals surface area contributed by atoms with Crippen LogP contribution in [0.4, 0.5) is 5.82 Å². The minimum Gasteiger partial charge on any atom is -0.477 e. The Balaban J connectivity index is 1.98. The average Bonchev–Trinajstić information content (AvgIpc) is 2.86. The Kier molecular flexibility index (Phi) is 2.77. The maximum Gasteiger partial charge on any atom is 0.353 e. The van der Waals surface area contributed by atoms with Gasteiger partial charge in [0.05, 0.1) is 0 Å². The number of aromatic amines is 1. The maximum absolute atomic E-state index is 11.6. The molecule has 8 heteroatoms. The number of H-pyrrole nitrogens is 1. The molecule has 1 aromatic heterocycles. The number of nitrogens with zero attached hydrogens (tertiary/aromatic N) is 1. The predicted octanol–water partition coefficient (Wildman–Crippen LogP) is -0.675. The van der Waals surface area contributed by atoms with E-state index in [1.807, 2.05) is 0 Å². The summed E-state index contributed by atoms with van der Waals surface area (Å²) in [7, 11) is 0. The van der Waals surface area contributed by atoms with Crippen molar-refractivity contribution in [2.24, 2.45) is 0 Å². The van der Waals surface area contributed by atoms with Crippen molar-refractivity contribution in [3.05, 3.63) is 11.8 Å². The highest BCUT2D eigenvalue weighted by Gasteiger charge is 2.27. The van der Waals surface area contributed by atoms with E-state index < -0.39 is 17.9 Å². The molecule has 2 rings (SSSR count). The number of hydrogen-bond donors (Lipinski definition) is 4. The normalized spacial score (nSPS) is 18.8. The third kappa shape index (κ3) is 2.41. The van der Waals surface area contributed by atoms with Crippen LogP contribution in [0.1, 0.15) is 23.3 Å². The molecule has 1 aromatic rings. The summed E-state index contributed by atoms with van der Waals surface area (Å²) in [5.74, 6) is -1.61. The fourth-order valence-electron chi connectivity index (χ4n) is 1.52. The number of nitrogens with one attached hydrogen (secondary N) is 3. The van der Waals surface area contributed by atoms with E-state index in [0.717, 1.165) is 0 Å². The van der Waals surface area contributed by atoms with Crippen LogP contribution in [0.2, 0.25) is 0 Å². The van der Waals surface area contributed by atoms with E-state index in [1.165, 1.54) is 6.07 Å². The number of carboxylic acid groups (broad SMARTS) is 1. The highest BCUT2D eigenvalue weighted by atomic mass is 16.4. The summed E-state index contributed by atoms with van der Waals surface area (Å²) in [5, 5.41) is 19.4. The largest absolute Gasteiger partial charge is 0.477 e. The quantitative estimate of drug-likeness (QED) is 0.555. The maximum atomic E-state index is 11.6. The monoisotopic (exact) mass is 238 g/mol. The van der Waals surface area contributed by atoms with Crippen molar-refractivity contribution in [1.29, 1.82) is 0 Å². The molecule has 0 aromatic carbocycles. The third-order valence-electron chi connectivity index (χ3n) is 2.37. The zero-order chi connectivity index (χ0) is 12.4. The molecule has 90 valence electrons. The lowest BCUT2D eigenvalue weighted by atomic mass is 10.2. The standard InChI is InChI=1S/C9H10N4O4/c14-7-2-1-4(10-7)8(15)11-6-3-5(9(16)17)12-13-6/h3-4H,1-2H2,(H,10,14)(H,16,17)(H2,11,12,13,15)/t4-/m1/s1. The Hall–Kier alpha value is -2.38. The Bertz CT molecular complexity index is 481. The minimum atomic E-state index is -1.16. The summed E-state index contributed by atoms with van der Waals surface area (Å²) in [4.78, 5) is 33.1. The van der Waals surface area contributed by atoms with Gasteiger partial charge in [0, 0.05) is 12.5 Å². The summed E-state index contributed by atoms with van der Waals surface area (Å²) in [6.45, 7) is 0. The fraction of sp³-hybridized carbons (Fsp3) is 0.333. The van der Waals surface area contributed by atoms with Crippen LogP contribution in [0.25, 0.3) is 0 Å². The van der Waals surface area contributed by atoms with Gasteiger partial charge in [-0.05, 0) is 6.42 Å². The van der Waals surface area contributed by atoms with Crippen LogP contribution in [0.5, 0.6) is 0 Å². The van der Waals surface area contributed by atoms with Crippen molar-refractivity contribution in [1.82, 2.24) is 15.5 Å². The molecular weight excluding hydrogens is 228 g/mol. The molecule has 1 aliphatic rings. The molecule has 1 atom stereocenters. The van der Waals surface area contributed by atoms with Crippen LogP contribution in [-0.4, -0.2) is 39.1 Å². The van der Waals surface area contributed by atoms with Crippen LogP contribution < -0.4 is 10.6 Å². The van der Waals surface area contributed by atoms with Crippen molar-refractivity contribution in [2.75, 3.05) is 5.32 Å². The van der Waals surface area contributed by atoms with Crippen molar-refractivity contribution in [3.8, 4) is 0 Å². The second kappa shape index (κ2) is 4.24.